The van der Waals surface area contributed by atoms with Gasteiger partial charge in [-0.3, -0.25) is 14.5 Å². The molecule has 0 saturated carbocycles. The van der Waals surface area contributed by atoms with E-state index in [2.05, 4.69) is 0 Å². The Morgan fingerprint density at radius 3 is 2.50 bits per heavy atom. The smallest absolute Gasteiger partial charge is 0.335 e. The monoisotopic (exact) mass is 277 g/mol. The Labute approximate surface area is 115 Å². The third-order valence-corrected chi connectivity index (χ3v) is 3.15. The van der Waals surface area contributed by atoms with E-state index in [-0.39, 0.29) is 42.9 Å². The van der Waals surface area contributed by atoms with Crippen molar-refractivity contribution in [1.82, 2.24) is 4.90 Å². The van der Waals surface area contributed by atoms with Crippen LogP contribution in [-0.4, -0.2) is 40.9 Å². The van der Waals surface area contributed by atoms with E-state index in [4.69, 9.17) is 9.84 Å². The van der Waals surface area contributed by atoms with Crippen molar-refractivity contribution in [2.45, 2.75) is 13.3 Å². The molecule has 1 aliphatic rings. The molecule has 0 spiro atoms. The lowest BCUT2D eigenvalue weighted by Crippen LogP contribution is -2.34. The van der Waals surface area contributed by atoms with Gasteiger partial charge in [0, 0.05) is 12.3 Å². The van der Waals surface area contributed by atoms with Gasteiger partial charge in [-0.05, 0) is 24.3 Å². The van der Waals surface area contributed by atoms with Crippen molar-refractivity contribution in [2.75, 3.05) is 13.2 Å². The van der Waals surface area contributed by atoms with Crippen LogP contribution >= 0.6 is 0 Å². The first-order valence-corrected chi connectivity index (χ1v) is 6.29. The number of ether oxygens (including phenoxy) is 1. The molecule has 1 aromatic rings. The maximum absolute atomic E-state index is 11.7. The Hall–Kier alpha value is -2.37. The first-order chi connectivity index (χ1) is 9.49. The van der Waals surface area contributed by atoms with E-state index < -0.39 is 5.97 Å². The second kappa shape index (κ2) is 5.73. The summed E-state index contributed by atoms with van der Waals surface area (Å²) in [5.41, 5.74) is 0.177. The summed E-state index contributed by atoms with van der Waals surface area (Å²) in [6.07, 6.45) is 0.256. The molecule has 6 heteroatoms. The normalized spacial score (nSPS) is 18.4. The average Bonchev–Trinajstić information content (AvgIpc) is 2.65. The van der Waals surface area contributed by atoms with Gasteiger partial charge in [-0.25, -0.2) is 4.79 Å². The molecule has 1 unspecified atom stereocenters. The predicted octanol–water partition coefficient (Wildman–Crippen LogP) is 1.16. The number of nitrogens with zero attached hydrogens (tertiary/aromatic N) is 1. The third kappa shape index (κ3) is 2.96. The molecular formula is C14H15NO5. The first-order valence-electron chi connectivity index (χ1n) is 6.29. The fourth-order valence-electron chi connectivity index (χ4n) is 2.03. The summed E-state index contributed by atoms with van der Waals surface area (Å²) < 4.78 is 5.40. The number of hydrogen-bond donors (Lipinski definition) is 1. The Morgan fingerprint density at radius 1 is 1.35 bits per heavy atom. The molecule has 106 valence electrons. The minimum absolute atomic E-state index is 0.167. The van der Waals surface area contributed by atoms with E-state index in [0.717, 1.165) is 0 Å². The summed E-state index contributed by atoms with van der Waals surface area (Å²) in [6.45, 7) is 2.13. The molecule has 0 aromatic heterocycles. The number of amides is 2. The molecule has 2 amide bonds. The average molecular weight is 277 g/mol. The quantitative estimate of drug-likeness (QED) is 0.816. The molecule has 1 atom stereocenters. The van der Waals surface area contributed by atoms with Crippen LogP contribution in [0, 0.1) is 5.92 Å². The topological polar surface area (TPSA) is 83.9 Å². The highest BCUT2D eigenvalue weighted by atomic mass is 16.5. The van der Waals surface area contributed by atoms with E-state index in [1.807, 2.05) is 0 Å². The van der Waals surface area contributed by atoms with Gasteiger partial charge in [-0.1, -0.05) is 6.92 Å². The van der Waals surface area contributed by atoms with Gasteiger partial charge in [-0.2, -0.15) is 0 Å². The van der Waals surface area contributed by atoms with E-state index in [9.17, 15) is 14.4 Å². The fraction of sp³-hybridized carbons (Fsp3) is 0.357. The highest BCUT2D eigenvalue weighted by molar-refractivity contribution is 6.03. The zero-order chi connectivity index (χ0) is 14.7. The number of aromatic carboxylic acids is 1. The number of carboxylic acids is 1. The number of carbonyl (C=O) groups excluding carboxylic acids is 2. The number of carboxylic acid groups (broad SMARTS) is 1. The largest absolute Gasteiger partial charge is 0.492 e. The summed E-state index contributed by atoms with van der Waals surface area (Å²) in [4.78, 5) is 35.1. The molecule has 0 bridgehead atoms. The third-order valence-electron chi connectivity index (χ3n) is 3.15. The molecule has 0 aliphatic carbocycles. The maximum Gasteiger partial charge on any atom is 0.335 e. The molecule has 1 aliphatic heterocycles. The van der Waals surface area contributed by atoms with Crippen LogP contribution in [0.1, 0.15) is 23.7 Å². The van der Waals surface area contributed by atoms with Gasteiger partial charge in [0.15, 0.2) is 0 Å². The predicted molar refractivity (Wildman–Crippen MR) is 69.4 cm³/mol. The standard InChI is InChI=1S/C14H15NO5/c1-9-8-12(16)15(13(9)17)6-7-20-11-4-2-10(3-5-11)14(18)19/h2-5,9H,6-8H2,1H3,(H,18,19). The van der Waals surface area contributed by atoms with Crippen molar-refractivity contribution in [3.8, 4) is 5.75 Å². The Bertz CT molecular complexity index is 537. The molecule has 20 heavy (non-hydrogen) atoms. The van der Waals surface area contributed by atoms with Crippen molar-refractivity contribution in [1.29, 1.82) is 0 Å². The van der Waals surface area contributed by atoms with Gasteiger partial charge in [0.25, 0.3) is 0 Å². The Kier molecular flexibility index (Phi) is 4.02. The number of benzene rings is 1. The molecule has 1 saturated heterocycles. The van der Waals surface area contributed by atoms with E-state index in [0.29, 0.717) is 5.75 Å². The molecule has 0 radical (unpaired) electrons. The highest BCUT2D eigenvalue weighted by Crippen LogP contribution is 2.18. The van der Waals surface area contributed by atoms with Crippen LogP contribution in [0.15, 0.2) is 24.3 Å². The lowest BCUT2D eigenvalue weighted by Gasteiger charge is -2.14. The Balaban J connectivity index is 1.85. The molecule has 1 heterocycles. The van der Waals surface area contributed by atoms with Gasteiger partial charge in [0.2, 0.25) is 11.8 Å². The van der Waals surface area contributed by atoms with Crippen molar-refractivity contribution in [3.63, 3.8) is 0 Å². The highest BCUT2D eigenvalue weighted by Gasteiger charge is 2.35. The van der Waals surface area contributed by atoms with E-state index in [1.54, 1.807) is 19.1 Å². The lowest BCUT2D eigenvalue weighted by atomic mass is 10.1. The van der Waals surface area contributed by atoms with Crippen LogP contribution in [0.4, 0.5) is 0 Å². The van der Waals surface area contributed by atoms with Crippen molar-refractivity contribution < 1.29 is 24.2 Å². The minimum Gasteiger partial charge on any atom is -0.492 e. The number of imide groups is 1. The van der Waals surface area contributed by atoms with Crippen LogP contribution in [-0.2, 0) is 9.59 Å². The van der Waals surface area contributed by atoms with Crippen LogP contribution < -0.4 is 4.74 Å². The zero-order valence-electron chi connectivity index (χ0n) is 11.0. The van der Waals surface area contributed by atoms with E-state index >= 15 is 0 Å². The Morgan fingerprint density at radius 2 is 2.00 bits per heavy atom. The number of hydrogen-bond acceptors (Lipinski definition) is 4. The second-order valence-corrected chi connectivity index (χ2v) is 4.67. The summed E-state index contributed by atoms with van der Waals surface area (Å²) in [5.74, 6) is -1.09. The lowest BCUT2D eigenvalue weighted by molar-refractivity contribution is -0.139. The van der Waals surface area contributed by atoms with Crippen LogP contribution in [0.2, 0.25) is 0 Å². The van der Waals surface area contributed by atoms with Gasteiger partial charge in [0.05, 0.1) is 12.1 Å². The molecule has 1 N–H and O–H groups in total. The zero-order valence-corrected chi connectivity index (χ0v) is 11.0. The molecule has 1 fully saturated rings. The maximum atomic E-state index is 11.7. The van der Waals surface area contributed by atoms with Crippen LogP contribution in [0.3, 0.4) is 0 Å². The molecule has 2 rings (SSSR count). The molecule has 6 nitrogen and oxygen atoms in total. The summed E-state index contributed by atoms with van der Waals surface area (Å²) in [6, 6.07) is 5.96. The van der Waals surface area contributed by atoms with Gasteiger partial charge in [-0.15, -0.1) is 0 Å². The van der Waals surface area contributed by atoms with E-state index in [1.165, 1.54) is 17.0 Å². The fourth-order valence-corrected chi connectivity index (χ4v) is 2.03. The van der Waals surface area contributed by atoms with Gasteiger partial charge >= 0.3 is 5.97 Å². The summed E-state index contributed by atoms with van der Waals surface area (Å²) >= 11 is 0. The first kappa shape index (κ1) is 14.0. The van der Waals surface area contributed by atoms with Crippen molar-refractivity contribution in [2.24, 2.45) is 5.92 Å². The molecular weight excluding hydrogens is 262 g/mol. The molecule has 1 aromatic carbocycles. The number of carbonyl (C=O) groups is 3. The van der Waals surface area contributed by atoms with Crippen LogP contribution in [0.5, 0.6) is 5.75 Å². The van der Waals surface area contributed by atoms with Crippen molar-refractivity contribution >= 4 is 17.8 Å². The summed E-state index contributed by atoms with van der Waals surface area (Å²) in [7, 11) is 0. The second-order valence-electron chi connectivity index (χ2n) is 4.67. The van der Waals surface area contributed by atoms with Crippen LogP contribution in [0.25, 0.3) is 0 Å². The van der Waals surface area contributed by atoms with Crippen molar-refractivity contribution in [3.05, 3.63) is 29.8 Å². The SMILES string of the molecule is CC1CC(=O)N(CCOc2ccc(C(=O)O)cc2)C1=O. The van der Waals surface area contributed by atoms with Gasteiger partial charge < -0.3 is 9.84 Å². The minimum atomic E-state index is -1.00. The summed E-state index contributed by atoms with van der Waals surface area (Å²) in [5, 5.41) is 8.76. The number of likely N-dealkylation sites (tertiary alicyclic amines) is 1. The van der Waals surface area contributed by atoms with Gasteiger partial charge in [0.1, 0.15) is 12.4 Å². The number of rotatable bonds is 5.